The minimum Gasteiger partial charge on any atom is -0.484 e. The second-order valence-electron chi connectivity index (χ2n) is 5.76. The van der Waals surface area contributed by atoms with Crippen molar-refractivity contribution in [3.63, 3.8) is 0 Å². The molecule has 2 aliphatic rings. The van der Waals surface area contributed by atoms with Gasteiger partial charge in [0, 0.05) is 37.7 Å². The number of rotatable bonds is 5. The van der Waals surface area contributed by atoms with Crippen LogP contribution in [0.3, 0.4) is 0 Å². The Bertz CT molecular complexity index is 513. The highest BCUT2D eigenvalue weighted by Gasteiger charge is 2.18. The van der Waals surface area contributed by atoms with Crippen molar-refractivity contribution in [2.75, 3.05) is 51.3 Å². The van der Waals surface area contributed by atoms with Gasteiger partial charge in [0.1, 0.15) is 5.75 Å². The van der Waals surface area contributed by atoms with Crippen molar-refractivity contribution in [2.45, 2.75) is 4.58 Å². The molecule has 0 aromatic heterocycles. The van der Waals surface area contributed by atoms with Crippen LogP contribution >= 0.6 is 23.5 Å². The van der Waals surface area contributed by atoms with Gasteiger partial charge in [-0.15, -0.1) is 23.5 Å². The lowest BCUT2D eigenvalue weighted by molar-refractivity contribution is -0.128. The van der Waals surface area contributed by atoms with Crippen molar-refractivity contribution >= 4 is 29.4 Å². The van der Waals surface area contributed by atoms with Gasteiger partial charge in [0.2, 0.25) is 0 Å². The van der Waals surface area contributed by atoms with E-state index in [2.05, 4.69) is 29.5 Å². The van der Waals surface area contributed by atoms with Crippen molar-refractivity contribution in [3.8, 4) is 5.75 Å². The Morgan fingerprint density at radius 1 is 1.17 bits per heavy atom. The first-order valence-electron chi connectivity index (χ1n) is 7.90. The number of nitrogens with zero attached hydrogens (tertiary/aromatic N) is 2. The summed E-state index contributed by atoms with van der Waals surface area (Å²) in [7, 11) is 2.09. The van der Waals surface area contributed by atoms with Crippen molar-refractivity contribution in [1.29, 1.82) is 0 Å². The molecule has 7 heteroatoms. The minimum absolute atomic E-state index is 0.0542. The maximum atomic E-state index is 11.9. The molecule has 2 heterocycles. The molecule has 23 heavy (non-hydrogen) atoms. The standard InChI is InChI=1S/C16H23N3O2S2/c1-18-6-8-19(9-7-18)17-15(20)12-21-14-4-2-13(3-5-14)16-22-10-11-23-16/h2-5,16H,6-12H2,1H3,(H,17,20). The molecule has 0 atom stereocenters. The number of carbonyl (C=O) groups is 1. The van der Waals surface area contributed by atoms with Crippen LogP contribution in [0.4, 0.5) is 0 Å². The van der Waals surface area contributed by atoms with Crippen LogP contribution in [-0.4, -0.2) is 67.2 Å². The highest BCUT2D eigenvalue weighted by atomic mass is 32.2. The van der Waals surface area contributed by atoms with Crippen LogP contribution in [-0.2, 0) is 4.79 Å². The van der Waals surface area contributed by atoms with E-state index >= 15 is 0 Å². The number of hydrazine groups is 1. The van der Waals surface area contributed by atoms with E-state index in [1.54, 1.807) is 0 Å². The Morgan fingerprint density at radius 3 is 2.48 bits per heavy atom. The van der Waals surface area contributed by atoms with E-state index in [0.717, 1.165) is 31.9 Å². The van der Waals surface area contributed by atoms with Crippen LogP contribution in [0.2, 0.25) is 0 Å². The molecular formula is C16H23N3O2S2. The van der Waals surface area contributed by atoms with Gasteiger partial charge >= 0.3 is 0 Å². The molecule has 3 rings (SSSR count). The largest absolute Gasteiger partial charge is 0.484 e. The lowest BCUT2D eigenvalue weighted by atomic mass is 10.2. The average Bonchev–Trinajstić information content (AvgIpc) is 3.10. The highest BCUT2D eigenvalue weighted by molar-refractivity contribution is 8.19. The normalized spacial score (nSPS) is 20.6. The number of ether oxygens (including phenoxy) is 1. The summed E-state index contributed by atoms with van der Waals surface area (Å²) in [5.41, 5.74) is 4.23. The fourth-order valence-corrected chi connectivity index (χ4v) is 5.41. The van der Waals surface area contributed by atoms with Crippen molar-refractivity contribution in [2.24, 2.45) is 0 Å². The molecule has 0 unspecified atom stereocenters. The van der Waals surface area contributed by atoms with E-state index in [4.69, 9.17) is 4.74 Å². The van der Waals surface area contributed by atoms with E-state index < -0.39 is 0 Å². The predicted molar refractivity (Wildman–Crippen MR) is 96.8 cm³/mol. The molecule has 0 aliphatic carbocycles. The van der Waals surface area contributed by atoms with Crippen LogP contribution in [0.15, 0.2) is 24.3 Å². The number of hydrogen-bond donors (Lipinski definition) is 1. The summed E-state index contributed by atoms with van der Waals surface area (Å²) in [6, 6.07) is 8.11. The Morgan fingerprint density at radius 2 is 1.83 bits per heavy atom. The number of carbonyl (C=O) groups excluding carboxylic acids is 1. The third kappa shape index (κ3) is 5.04. The first-order valence-corrected chi connectivity index (χ1v) is 9.99. The van der Waals surface area contributed by atoms with Crippen LogP contribution in [0.1, 0.15) is 10.1 Å². The zero-order valence-corrected chi connectivity index (χ0v) is 15.0. The average molecular weight is 354 g/mol. The molecule has 0 bridgehead atoms. The molecule has 2 fully saturated rings. The number of piperazine rings is 1. The van der Waals surface area contributed by atoms with E-state index in [1.807, 2.05) is 40.7 Å². The van der Waals surface area contributed by atoms with Gasteiger partial charge in [0.15, 0.2) is 6.61 Å². The van der Waals surface area contributed by atoms with E-state index in [0.29, 0.717) is 4.58 Å². The lowest BCUT2D eigenvalue weighted by Crippen LogP contribution is -2.53. The topological polar surface area (TPSA) is 44.8 Å². The van der Waals surface area contributed by atoms with Crippen LogP contribution in [0.5, 0.6) is 5.75 Å². The van der Waals surface area contributed by atoms with Crippen LogP contribution in [0.25, 0.3) is 0 Å². The second kappa shape index (κ2) is 8.28. The van der Waals surface area contributed by atoms with Crippen molar-refractivity contribution in [3.05, 3.63) is 29.8 Å². The first-order chi connectivity index (χ1) is 11.2. The van der Waals surface area contributed by atoms with E-state index in [-0.39, 0.29) is 12.5 Å². The quantitative estimate of drug-likeness (QED) is 0.871. The number of hydrogen-bond acceptors (Lipinski definition) is 6. The molecule has 2 saturated heterocycles. The van der Waals surface area contributed by atoms with Gasteiger partial charge in [0.25, 0.3) is 5.91 Å². The molecule has 0 spiro atoms. The summed E-state index contributed by atoms with van der Waals surface area (Å²) in [5.74, 6) is 3.09. The van der Waals surface area contributed by atoms with Crippen molar-refractivity contribution in [1.82, 2.24) is 15.3 Å². The summed E-state index contributed by atoms with van der Waals surface area (Å²) in [6.07, 6.45) is 0. The molecule has 5 nitrogen and oxygen atoms in total. The van der Waals surface area contributed by atoms with Crippen LogP contribution < -0.4 is 10.2 Å². The highest BCUT2D eigenvalue weighted by Crippen LogP contribution is 2.45. The first kappa shape index (κ1) is 17.0. The van der Waals surface area contributed by atoms with Gasteiger partial charge in [0.05, 0.1) is 4.58 Å². The monoisotopic (exact) mass is 353 g/mol. The molecule has 1 amide bonds. The maximum Gasteiger partial charge on any atom is 0.272 e. The van der Waals surface area contributed by atoms with Gasteiger partial charge in [-0.05, 0) is 24.7 Å². The molecule has 1 aromatic carbocycles. The molecule has 1 aromatic rings. The third-order valence-electron chi connectivity index (χ3n) is 3.93. The second-order valence-corrected chi connectivity index (χ2v) is 8.48. The Kier molecular flexibility index (Phi) is 6.10. The molecule has 0 radical (unpaired) electrons. The summed E-state index contributed by atoms with van der Waals surface area (Å²) in [6.45, 7) is 3.71. The van der Waals surface area contributed by atoms with E-state index in [1.165, 1.54) is 17.1 Å². The SMILES string of the molecule is CN1CCN(NC(=O)COc2ccc(C3SCCS3)cc2)CC1. The Labute approximate surface area is 146 Å². The number of benzene rings is 1. The van der Waals surface area contributed by atoms with Crippen LogP contribution in [0, 0.1) is 0 Å². The number of nitrogens with one attached hydrogen (secondary N) is 1. The minimum atomic E-state index is -0.0967. The fraction of sp³-hybridized carbons (Fsp3) is 0.562. The molecule has 1 N–H and O–H groups in total. The zero-order valence-electron chi connectivity index (χ0n) is 13.4. The lowest BCUT2D eigenvalue weighted by Gasteiger charge is -2.32. The summed E-state index contributed by atoms with van der Waals surface area (Å²) >= 11 is 3.98. The van der Waals surface area contributed by atoms with Gasteiger partial charge in [-0.25, -0.2) is 5.01 Å². The fourth-order valence-electron chi connectivity index (χ4n) is 2.55. The number of amides is 1. The molecular weight excluding hydrogens is 330 g/mol. The zero-order chi connectivity index (χ0) is 16.1. The van der Waals surface area contributed by atoms with Gasteiger partial charge < -0.3 is 9.64 Å². The summed E-state index contributed by atoms with van der Waals surface area (Å²) in [4.78, 5) is 14.2. The number of thioether (sulfide) groups is 2. The molecule has 126 valence electrons. The Balaban J connectivity index is 1.41. The molecule has 0 saturated carbocycles. The van der Waals surface area contributed by atoms with Gasteiger partial charge in [-0.3, -0.25) is 10.2 Å². The van der Waals surface area contributed by atoms with Crippen molar-refractivity contribution < 1.29 is 9.53 Å². The Hall–Kier alpha value is -0.890. The number of likely N-dealkylation sites (N-methyl/N-ethyl adjacent to an activating group) is 1. The van der Waals surface area contributed by atoms with Gasteiger partial charge in [-0.2, -0.15) is 0 Å². The summed E-state index contributed by atoms with van der Waals surface area (Å²) < 4.78 is 6.13. The summed E-state index contributed by atoms with van der Waals surface area (Å²) in [5, 5.41) is 1.96. The smallest absolute Gasteiger partial charge is 0.272 e. The van der Waals surface area contributed by atoms with Gasteiger partial charge in [-0.1, -0.05) is 12.1 Å². The third-order valence-corrected chi connectivity index (χ3v) is 7.03. The predicted octanol–water partition coefficient (Wildman–Crippen LogP) is 1.82. The van der Waals surface area contributed by atoms with E-state index in [9.17, 15) is 4.79 Å². The molecule has 2 aliphatic heterocycles. The maximum absolute atomic E-state index is 11.9.